The summed E-state index contributed by atoms with van der Waals surface area (Å²) in [7, 11) is 1.62. The van der Waals surface area contributed by atoms with Gasteiger partial charge in [-0.2, -0.15) is 5.10 Å². The first kappa shape index (κ1) is 19.5. The van der Waals surface area contributed by atoms with Gasteiger partial charge in [0.15, 0.2) is 0 Å². The molecule has 2 heterocycles. The molecule has 7 heteroatoms. The number of methoxy groups -OCH3 is 1. The number of benzene rings is 2. The highest BCUT2D eigenvalue weighted by atomic mass is 19.1. The summed E-state index contributed by atoms with van der Waals surface area (Å²) in [6, 6.07) is 13.7. The van der Waals surface area contributed by atoms with Crippen molar-refractivity contribution in [2.75, 3.05) is 40.0 Å². The highest BCUT2D eigenvalue weighted by molar-refractivity contribution is 6.03. The van der Waals surface area contributed by atoms with Crippen molar-refractivity contribution < 1.29 is 18.7 Å². The fourth-order valence-corrected chi connectivity index (χ4v) is 3.67. The summed E-state index contributed by atoms with van der Waals surface area (Å²) in [6.07, 6.45) is 0.576. The maximum Gasteiger partial charge on any atom is 0.257 e. The first-order valence-electron chi connectivity index (χ1n) is 9.73. The Morgan fingerprint density at radius 2 is 1.83 bits per heavy atom. The van der Waals surface area contributed by atoms with Crippen LogP contribution in [0.4, 0.5) is 4.39 Å². The summed E-state index contributed by atoms with van der Waals surface area (Å²) in [5, 5.41) is 6.23. The predicted molar refractivity (Wildman–Crippen MR) is 107 cm³/mol. The lowest BCUT2D eigenvalue weighted by molar-refractivity contribution is -0.135. The Morgan fingerprint density at radius 1 is 1.14 bits per heavy atom. The van der Waals surface area contributed by atoms with E-state index in [1.165, 1.54) is 12.1 Å². The molecule has 0 saturated carbocycles. The van der Waals surface area contributed by atoms with E-state index in [4.69, 9.17) is 9.47 Å². The minimum absolute atomic E-state index is 0.0651. The molecule has 0 N–H and O–H groups in total. The van der Waals surface area contributed by atoms with E-state index in [1.807, 2.05) is 24.3 Å². The van der Waals surface area contributed by atoms with Crippen LogP contribution in [0.15, 0.2) is 53.6 Å². The smallest absolute Gasteiger partial charge is 0.257 e. The van der Waals surface area contributed by atoms with Crippen molar-refractivity contribution in [1.82, 2.24) is 9.91 Å². The fraction of sp³-hybridized carbons (Fsp3) is 0.364. The van der Waals surface area contributed by atoms with Gasteiger partial charge in [-0.3, -0.25) is 9.69 Å². The lowest BCUT2D eigenvalue weighted by Gasteiger charge is -2.29. The molecular weight excluding hydrogens is 373 g/mol. The van der Waals surface area contributed by atoms with Crippen LogP contribution in [-0.4, -0.2) is 61.5 Å². The van der Waals surface area contributed by atoms with Gasteiger partial charge >= 0.3 is 0 Å². The van der Waals surface area contributed by atoms with Gasteiger partial charge in [0.2, 0.25) is 0 Å². The summed E-state index contributed by atoms with van der Waals surface area (Å²) < 4.78 is 24.0. The van der Waals surface area contributed by atoms with E-state index in [0.29, 0.717) is 26.2 Å². The molecule has 6 nitrogen and oxygen atoms in total. The van der Waals surface area contributed by atoms with Crippen LogP contribution in [0.3, 0.4) is 0 Å². The van der Waals surface area contributed by atoms with Gasteiger partial charge in [0.05, 0.1) is 38.6 Å². The minimum Gasteiger partial charge on any atom is -0.497 e. The van der Waals surface area contributed by atoms with Crippen LogP contribution >= 0.6 is 0 Å². The molecule has 1 saturated heterocycles. The zero-order chi connectivity index (χ0) is 20.2. The van der Waals surface area contributed by atoms with Crippen molar-refractivity contribution in [1.29, 1.82) is 0 Å². The monoisotopic (exact) mass is 397 g/mol. The van der Waals surface area contributed by atoms with E-state index < -0.39 is 0 Å². The largest absolute Gasteiger partial charge is 0.497 e. The summed E-state index contributed by atoms with van der Waals surface area (Å²) in [6.45, 7) is 3.02. The summed E-state index contributed by atoms with van der Waals surface area (Å²) in [4.78, 5) is 15.2. The van der Waals surface area contributed by atoms with Crippen LogP contribution in [-0.2, 0) is 9.53 Å². The van der Waals surface area contributed by atoms with Crippen molar-refractivity contribution in [2.24, 2.45) is 5.10 Å². The van der Waals surface area contributed by atoms with E-state index in [9.17, 15) is 9.18 Å². The number of halogens is 1. The number of morpholine rings is 1. The third-order valence-electron chi connectivity index (χ3n) is 5.31. The van der Waals surface area contributed by atoms with Crippen LogP contribution in [0.25, 0.3) is 0 Å². The molecule has 1 atom stereocenters. The van der Waals surface area contributed by atoms with E-state index in [-0.39, 0.29) is 17.8 Å². The highest BCUT2D eigenvalue weighted by Crippen LogP contribution is 2.33. The Kier molecular flexibility index (Phi) is 5.87. The second-order valence-corrected chi connectivity index (χ2v) is 7.17. The third kappa shape index (κ3) is 4.46. The number of rotatable bonds is 5. The molecular formula is C22H24FN3O3. The summed E-state index contributed by atoms with van der Waals surface area (Å²) in [5.74, 6) is 0.404. The molecule has 1 fully saturated rings. The van der Waals surface area contributed by atoms with Crippen LogP contribution in [0.5, 0.6) is 5.75 Å². The number of hydrogen-bond acceptors (Lipinski definition) is 5. The Hall–Kier alpha value is -2.77. The molecule has 2 aliphatic rings. The van der Waals surface area contributed by atoms with Gasteiger partial charge in [-0.15, -0.1) is 0 Å². The minimum atomic E-state index is -0.297. The fourth-order valence-electron chi connectivity index (χ4n) is 3.67. The van der Waals surface area contributed by atoms with Gasteiger partial charge in [0.1, 0.15) is 11.6 Å². The Morgan fingerprint density at radius 3 is 2.48 bits per heavy atom. The molecule has 0 radical (unpaired) electrons. The average Bonchev–Trinajstić information content (AvgIpc) is 3.21. The molecule has 0 bridgehead atoms. The van der Waals surface area contributed by atoms with Crippen LogP contribution < -0.4 is 4.74 Å². The topological polar surface area (TPSA) is 54.4 Å². The van der Waals surface area contributed by atoms with Gasteiger partial charge < -0.3 is 9.47 Å². The Bertz CT molecular complexity index is 877. The number of carbonyl (C=O) groups is 1. The van der Waals surface area contributed by atoms with E-state index in [2.05, 4.69) is 10.0 Å². The molecule has 2 aromatic carbocycles. The second-order valence-electron chi connectivity index (χ2n) is 7.17. The van der Waals surface area contributed by atoms with Crippen LogP contribution in [0.2, 0.25) is 0 Å². The maximum absolute atomic E-state index is 13.4. The molecule has 152 valence electrons. The second kappa shape index (κ2) is 8.71. The predicted octanol–water partition coefficient (Wildman–Crippen LogP) is 2.84. The van der Waals surface area contributed by atoms with Gasteiger partial charge in [0.25, 0.3) is 5.91 Å². The van der Waals surface area contributed by atoms with Crippen molar-refractivity contribution in [2.45, 2.75) is 12.5 Å². The molecule has 0 unspecified atom stereocenters. The molecule has 0 aliphatic carbocycles. The first-order valence-corrected chi connectivity index (χ1v) is 9.73. The number of hydrogen-bond donors (Lipinski definition) is 0. The van der Waals surface area contributed by atoms with Crippen LogP contribution in [0.1, 0.15) is 23.6 Å². The molecule has 29 heavy (non-hydrogen) atoms. The third-order valence-corrected chi connectivity index (χ3v) is 5.31. The number of hydrazone groups is 1. The van der Waals surface area contributed by atoms with Crippen molar-refractivity contribution in [3.63, 3.8) is 0 Å². The Labute approximate surface area is 169 Å². The van der Waals surface area contributed by atoms with Gasteiger partial charge in [-0.25, -0.2) is 9.40 Å². The zero-order valence-electron chi connectivity index (χ0n) is 16.4. The van der Waals surface area contributed by atoms with Gasteiger partial charge in [-0.05, 0) is 47.5 Å². The standard InChI is InChI=1S/C22H24FN3O3/c1-28-19-8-4-16(5-9-19)20-14-21(17-2-6-18(23)7-3-17)26(24-20)22(27)15-25-10-12-29-13-11-25/h2-9,21H,10-15H2,1H3/t21-/m0/s1. The lowest BCUT2D eigenvalue weighted by atomic mass is 9.98. The Balaban J connectivity index is 1.59. The SMILES string of the molecule is COc1ccc(C2=NN(C(=O)CN3CCOCC3)[C@H](c3ccc(F)cc3)C2)cc1. The first-order chi connectivity index (χ1) is 14.1. The maximum atomic E-state index is 13.4. The highest BCUT2D eigenvalue weighted by Gasteiger charge is 2.33. The average molecular weight is 397 g/mol. The zero-order valence-corrected chi connectivity index (χ0v) is 16.4. The molecule has 4 rings (SSSR count). The molecule has 0 spiro atoms. The van der Waals surface area contributed by atoms with Crippen molar-refractivity contribution in [3.8, 4) is 5.75 Å². The van der Waals surface area contributed by atoms with Gasteiger partial charge in [-0.1, -0.05) is 12.1 Å². The molecule has 2 aromatic rings. The number of ether oxygens (including phenoxy) is 2. The van der Waals surface area contributed by atoms with Crippen molar-refractivity contribution >= 4 is 11.6 Å². The number of carbonyl (C=O) groups excluding carboxylic acids is 1. The lowest BCUT2D eigenvalue weighted by Crippen LogP contribution is -2.43. The quantitative estimate of drug-likeness (QED) is 0.779. The van der Waals surface area contributed by atoms with E-state index in [0.717, 1.165) is 35.7 Å². The van der Waals surface area contributed by atoms with Gasteiger partial charge in [0, 0.05) is 19.5 Å². The number of amides is 1. The summed E-state index contributed by atoms with van der Waals surface area (Å²) in [5.41, 5.74) is 2.64. The normalized spacial score (nSPS) is 19.9. The van der Waals surface area contributed by atoms with E-state index in [1.54, 1.807) is 24.3 Å². The van der Waals surface area contributed by atoms with Crippen molar-refractivity contribution in [3.05, 3.63) is 65.5 Å². The molecule has 0 aromatic heterocycles. The van der Waals surface area contributed by atoms with E-state index >= 15 is 0 Å². The number of nitrogens with zero attached hydrogens (tertiary/aromatic N) is 3. The van der Waals surface area contributed by atoms with Crippen LogP contribution in [0, 0.1) is 5.82 Å². The molecule has 2 aliphatic heterocycles. The summed E-state index contributed by atoms with van der Waals surface area (Å²) >= 11 is 0. The molecule has 1 amide bonds.